The van der Waals surface area contributed by atoms with Gasteiger partial charge in [0.25, 0.3) is 5.56 Å². The molecule has 0 bridgehead atoms. The van der Waals surface area contributed by atoms with Gasteiger partial charge in [-0.05, 0) is 24.6 Å². The van der Waals surface area contributed by atoms with Crippen LogP contribution in [-0.2, 0) is 28.3 Å². The molecule has 0 saturated heterocycles. The molecule has 1 N–H and O–H groups in total. The van der Waals surface area contributed by atoms with Gasteiger partial charge in [0.15, 0.2) is 5.60 Å². The monoisotopic (exact) mass is 350 g/mol. The van der Waals surface area contributed by atoms with Gasteiger partial charge in [-0.3, -0.25) is 4.79 Å². The van der Waals surface area contributed by atoms with Crippen LogP contribution >= 0.6 is 0 Å². The molecule has 0 saturated carbocycles. The number of benzene rings is 1. The van der Waals surface area contributed by atoms with Crippen molar-refractivity contribution in [2.24, 2.45) is 0 Å². The van der Waals surface area contributed by atoms with Gasteiger partial charge in [-0.25, -0.2) is 9.78 Å². The highest BCUT2D eigenvalue weighted by molar-refractivity contribution is 5.86. The van der Waals surface area contributed by atoms with Crippen LogP contribution in [0.3, 0.4) is 0 Å². The van der Waals surface area contributed by atoms with Gasteiger partial charge in [-0.15, -0.1) is 0 Å². The number of fused-ring (bicyclic) bond motifs is 5. The van der Waals surface area contributed by atoms with Crippen molar-refractivity contribution >= 4 is 16.9 Å². The molecule has 2 aliphatic heterocycles. The Balaban J connectivity index is 1.84. The lowest BCUT2D eigenvalue weighted by Gasteiger charge is -2.31. The lowest BCUT2D eigenvalue weighted by Crippen LogP contribution is -2.44. The average Bonchev–Trinajstić information content (AvgIpc) is 3.05. The normalized spacial score (nSPS) is 21.0. The van der Waals surface area contributed by atoms with E-state index in [0.29, 0.717) is 28.5 Å². The van der Waals surface area contributed by atoms with E-state index in [9.17, 15) is 14.7 Å². The summed E-state index contributed by atoms with van der Waals surface area (Å²) in [5.74, 6) is -0.743. The lowest BCUT2D eigenvalue weighted by molar-refractivity contribution is -0.172. The minimum absolute atomic E-state index is 0.101. The Hall–Kier alpha value is -2.99. The number of para-hydroxylation sites is 1. The van der Waals surface area contributed by atoms with Crippen molar-refractivity contribution in [3.8, 4) is 11.4 Å². The smallest absolute Gasteiger partial charge is 0.343 e. The number of nitrogens with zero attached hydrogens (tertiary/aromatic N) is 2. The van der Waals surface area contributed by atoms with Gasteiger partial charge in [0.05, 0.1) is 30.4 Å². The third-order valence-electron chi connectivity index (χ3n) is 5.31. The first-order valence-corrected chi connectivity index (χ1v) is 8.51. The minimum atomic E-state index is -1.84. The zero-order chi connectivity index (χ0) is 18.9. The first-order chi connectivity index (χ1) is 13.0. The molecule has 2 aromatic heterocycles. The first kappa shape index (κ1) is 14.2. The molecule has 0 amide bonds. The minimum Gasteiger partial charge on any atom is -0.458 e. The molecule has 0 fully saturated rings. The molecule has 6 nitrogen and oxygen atoms in total. The van der Waals surface area contributed by atoms with Gasteiger partial charge >= 0.3 is 5.97 Å². The maximum atomic E-state index is 13.1. The summed E-state index contributed by atoms with van der Waals surface area (Å²) in [6.45, 7) is 1.75. The second kappa shape index (κ2) is 5.02. The fraction of sp³-hybridized carbons (Fsp3) is 0.250. The van der Waals surface area contributed by atoms with E-state index in [0.717, 1.165) is 5.39 Å². The highest BCUT2D eigenvalue weighted by atomic mass is 16.6. The highest BCUT2D eigenvalue weighted by Gasteiger charge is 2.45. The molecular formula is C20H16N2O4. The number of aromatic nitrogens is 2. The Kier molecular flexibility index (Phi) is 2.74. The van der Waals surface area contributed by atoms with Crippen molar-refractivity contribution in [2.75, 3.05) is 0 Å². The van der Waals surface area contributed by atoms with Gasteiger partial charge in [0.1, 0.15) is 6.61 Å². The van der Waals surface area contributed by atoms with Crippen LogP contribution in [0.5, 0.6) is 0 Å². The Morgan fingerprint density at radius 2 is 2.19 bits per heavy atom. The van der Waals surface area contributed by atoms with Crippen molar-refractivity contribution in [3.05, 3.63) is 63.4 Å². The standard InChI is InChI=1S/C20H16N2O4/c1-2-20(25)14-8-16-17-12(7-11-5-3-4-6-15(11)21-17)9-22(16)18(23)13(14)10-26-19(20)24/h3-8,25H,2,9-10H2,1H3/t20-/m0/s1/i7T. The molecular weight excluding hydrogens is 332 g/mol. The molecule has 130 valence electrons. The summed E-state index contributed by atoms with van der Waals surface area (Å²) in [6, 6.07) is 9.37. The molecule has 6 heteroatoms. The van der Waals surface area contributed by atoms with Crippen molar-refractivity contribution < 1.29 is 16.0 Å². The van der Waals surface area contributed by atoms with Crippen LogP contribution in [0.25, 0.3) is 22.3 Å². The molecule has 3 aromatic rings. The predicted octanol–water partition coefficient (Wildman–Crippen LogP) is 2.08. The number of cyclic esters (lactones) is 1. The molecule has 0 unspecified atom stereocenters. The van der Waals surface area contributed by atoms with E-state index >= 15 is 0 Å². The van der Waals surface area contributed by atoms with Crippen molar-refractivity contribution in [1.82, 2.24) is 9.55 Å². The maximum Gasteiger partial charge on any atom is 0.343 e. The number of carbonyl (C=O) groups excluding carboxylic acids is 1. The molecule has 0 aliphatic carbocycles. The van der Waals surface area contributed by atoms with E-state index in [1.165, 1.54) is 0 Å². The van der Waals surface area contributed by atoms with E-state index in [1.807, 2.05) is 24.3 Å². The fourth-order valence-corrected chi connectivity index (χ4v) is 3.82. The quantitative estimate of drug-likeness (QED) is 0.532. The first-order valence-electron chi connectivity index (χ1n) is 9.01. The van der Waals surface area contributed by atoms with Crippen molar-refractivity contribution in [3.63, 3.8) is 0 Å². The van der Waals surface area contributed by atoms with Crippen LogP contribution in [0.4, 0.5) is 0 Å². The molecule has 5 rings (SSSR count). The molecule has 26 heavy (non-hydrogen) atoms. The molecule has 1 atom stereocenters. The SMILES string of the molecule is [3H]c1c2c(nc3ccccc13)-c1cc3c(c(=O)n1C2)COC(=O)[C@]3(O)CC. The maximum absolute atomic E-state index is 13.1. The largest absolute Gasteiger partial charge is 0.458 e. The molecule has 4 heterocycles. The van der Waals surface area contributed by atoms with E-state index < -0.39 is 11.6 Å². The van der Waals surface area contributed by atoms with E-state index in [2.05, 4.69) is 4.98 Å². The van der Waals surface area contributed by atoms with Crippen LogP contribution in [0.1, 0.15) is 31.4 Å². The Morgan fingerprint density at radius 1 is 1.38 bits per heavy atom. The highest BCUT2D eigenvalue weighted by Crippen LogP contribution is 2.38. The lowest BCUT2D eigenvalue weighted by atomic mass is 9.86. The van der Waals surface area contributed by atoms with Crippen LogP contribution < -0.4 is 5.56 Å². The zero-order valence-electron chi connectivity index (χ0n) is 15.1. The summed E-state index contributed by atoms with van der Waals surface area (Å²) in [7, 11) is 0. The van der Waals surface area contributed by atoms with Crippen molar-refractivity contribution in [2.45, 2.75) is 32.1 Å². The predicted molar refractivity (Wildman–Crippen MR) is 94.5 cm³/mol. The summed E-state index contributed by atoms with van der Waals surface area (Å²) >= 11 is 0. The summed E-state index contributed by atoms with van der Waals surface area (Å²) in [5.41, 5.74) is 0.823. The third kappa shape index (κ3) is 1.82. The summed E-state index contributed by atoms with van der Waals surface area (Å²) in [6.07, 6.45) is 0.101. The average molecular weight is 350 g/mol. The second-order valence-electron chi connectivity index (χ2n) is 6.68. The molecule has 0 spiro atoms. The number of hydrogen-bond acceptors (Lipinski definition) is 5. The molecule has 1 aromatic carbocycles. The van der Waals surface area contributed by atoms with Crippen LogP contribution in [0.15, 0.2) is 41.2 Å². The summed E-state index contributed by atoms with van der Waals surface area (Å²) in [4.78, 5) is 29.9. The number of rotatable bonds is 1. The number of hydrogen-bond donors (Lipinski definition) is 1. The summed E-state index contributed by atoms with van der Waals surface area (Å²) < 4.78 is 15.1. The second-order valence-corrected chi connectivity index (χ2v) is 6.68. The topological polar surface area (TPSA) is 81.4 Å². The van der Waals surface area contributed by atoms with Crippen LogP contribution in [-0.4, -0.2) is 20.6 Å². The molecule has 2 aliphatic rings. The van der Waals surface area contributed by atoms with E-state index in [-0.39, 0.29) is 36.3 Å². The Labute approximate surface area is 150 Å². The number of carbonyl (C=O) groups is 1. The third-order valence-corrected chi connectivity index (χ3v) is 5.31. The zero-order valence-corrected chi connectivity index (χ0v) is 14.1. The Morgan fingerprint density at radius 3 is 3.00 bits per heavy atom. The van der Waals surface area contributed by atoms with Crippen LogP contribution in [0.2, 0.25) is 0 Å². The number of esters is 1. The van der Waals surface area contributed by atoms with E-state index in [1.54, 1.807) is 17.6 Å². The van der Waals surface area contributed by atoms with Gasteiger partial charge in [-0.1, -0.05) is 25.1 Å². The number of pyridine rings is 2. The van der Waals surface area contributed by atoms with Gasteiger partial charge in [0, 0.05) is 16.5 Å². The van der Waals surface area contributed by atoms with Gasteiger partial charge in [-0.2, -0.15) is 0 Å². The number of ether oxygens (including phenoxy) is 1. The molecule has 0 radical (unpaired) electrons. The van der Waals surface area contributed by atoms with Crippen molar-refractivity contribution in [1.29, 1.82) is 0 Å². The number of aliphatic hydroxyl groups is 1. The van der Waals surface area contributed by atoms with Gasteiger partial charge < -0.3 is 14.4 Å². The van der Waals surface area contributed by atoms with E-state index in [4.69, 9.17) is 6.11 Å². The Bertz CT molecular complexity index is 1220. The van der Waals surface area contributed by atoms with Gasteiger partial charge in [0.2, 0.25) is 0 Å². The fourth-order valence-electron chi connectivity index (χ4n) is 3.82. The summed E-state index contributed by atoms with van der Waals surface area (Å²) in [5, 5.41) is 11.6. The van der Waals surface area contributed by atoms with Crippen LogP contribution in [0, 0.1) is 0 Å².